The number of aryl methyl sites for hydroxylation is 3. The van der Waals surface area contributed by atoms with Crippen molar-refractivity contribution in [2.24, 2.45) is 0 Å². The summed E-state index contributed by atoms with van der Waals surface area (Å²) >= 11 is 0. The summed E-state index contributed by atoms with van der Waals surface area (Å²) in [5, 5.41) is 8.17. The summed E-state index contributed by atoms with van der Waals surface area (Å²) in [6.45, 7) is 8.20. The Kier molecular flexibility index (Phi) is 7.23. The van der Waals surface area contributed by atoms with E-state index in [0.29, 0.717) is 12.2 Å². The van der Waals surface area contributed by atoms with Crippen molar-refractivity contribution >= 4 is 11.6 Å². The number of carbonyl (C=O) groups is 1. The largest absolute Gasteiger partial charge is 0.352 e. The fraction of sp³-hybridized carbons (Fsp3) is 0.308. The number of hydrogen-bond donors (Lipinski definition) is 0. The van der Waals surface area contributed by atoms with E-state index in [1.165, 1.54) is 0 Å². The molecule has 0 saturated heterocycles. The summed E-state index contributed by atoms with van der Waals surface area (Å²) in [5.41, 5.74) is 2.14. The lowest BCUT2D eigenvalue weighted by molar-refractivity contribution is -0.118. The third kappa shape index (κ3) is 4.88. The van der Waals surface area contributed by atoms with Crippen LogP contribution in [0.15, 0.2) is 62.6 Å². The van der Waals surface area contributed by atoms with E-state index in [1.807, 2.05) is 57.2 Å². The van der Waals surface area contributed by atoms with E-state index in [4.69, 9.17) is 4.52 Å². The van der Waals surface area contributed by atoms with Crippen molar-refractivity contribution < 1.29 is 9.32 Å². The van der Waals surface area contributed by atoms with Crippen LogP contribution in [0.25, 0.3) is 17.2 Å². The maximum atomic E-state index is 13.0. The molecule has 186 valence electrons. The van der Waals surface area contributed by atoms with Crippen LogP contribution in [-0.2, 0) is 17.8 Å². The lowest BCUT2D eigenvalue weighted by Gasteiger charge is -2.22. The normalized spacial score (nSPS) is 11.0. The van der Waals surface area contributed by atoms with Crippen LogP contribution in [0, 0.1) is 13.8 Å². The molecule has 0 radical (unpaired) electrons. The summed E-state index contributed by atoms with van der Waals surface area (Å²) < 4.78 is 7.55. The summed E-state index contributed by atoms with van der Waals surface area (Å²) in [4.78, 5) is 44.7. The third-order valence-electron chi connectivity index (χ3n) is 5.91. The molecule has 2 heterocycles. The van der Waals surface area contributed by atoms with Crippen LogP contribution in [-0.4, -0.2) is 36.9 Å². The van der Waals surface area contributed by atoms with Gasteiger partial charge in [0, 0.05) is 31.6 Å². The zero-order valence-corrected chi connectivity index (χ0v) is 20.8. The molecule has 0 fully saturated rings. The van der Waals surface area contributed by atoms with Gasteiger partial charge in [0.1, 0.15) is 0 Å². The molecule has 4 rings (SSSR count). The number of carbonyl (C=O) groups excluding carboxylic acids is 1. The first kappa shape index (κ1) is 24.8. The summed E-state index contributed by atoms with van der Waals surface area (Å²) in [5.74, 6) is 0.0965. The molecule has 0 aliphatic rings. The Morgan fingerprint density at radius 3 is 2.42 bits per heavy atom. The molecule has 0 spiro atoms. The van der Waals surface area contributed by atoms with E-state index in [2.05, 4.69) is 15.2 Å². The Bertz CT molecular complexity index is 1500. The molecule has 10 nitrogen and oxygen atoms in total. The van der Waals surface area contributed by atoms with Crippen molar-refractivity contribution in [2.75, 3.05) is 11.4 Å². The number of hydrogen-bond acceptors (Lipinski definition) is 7. The molecule has 0 aliphatic heterocycles. The molecule has 4 aromatic rings. The second kappa shape index (κ2) is 10.5. The monoisotopic (exact) mass is 488 g/mol. The molecule has 0 N–H and O–H groups in total. The molecule has 0 atom stereocenters. The van der Waals surface area contributed by atoms with Crippen molar-refractivity contribution in [3.63, 3.8) is 0 Å². The molecule has 2 aromatic heterocycles. The van der Waals surface area contributed by atoms with Crippen LogP contribution >= 0.6 is 0 Å². The minimum absolute atomic E-state index is 0.0308. The molecule has 2 aromatic carbocycles. The SMILES string of the molecule is CCN(C(=O)CCc1nc(-c2nn(-c3ccc(C)cc3)c(=O)n(CC)c2=O)no1)c1ccccc1C. The van der Waals surface area contributed by atoms with E-state index in [0.717, 1.165) is 26.1 Å². The van der Waals surface area contributed by atoms with Crippen LogP contribution in [0.2, 0.25) is 0 Å². The van der Waals surface area contributed by atoms with Gasteiger partial charge in [0.2, 0.25) is 17.6 Å². The number of amides is 1. The van der Waals surface area contributed by atoms with Gasteiger partial charge in [0.25, 0.3) is 5.56 Å². The van der Waals surface area contributed by atoms with E-state index >= 15 is 0 Å². The number of rotatable bonds is 8. The van der Waals surface area contributed by atoms with Gasteiger partial charge in [-0.05, 0) is 51.5 Å². The predicted octanol–water partition coefficient (Wildman–Crippen LogP) is 3.07. The summed E-state index contributed by atoms with van der Waals surface area (Å²) in [6.07, 6.45) is 0.354. The summed E-state index contributed by atoms with van der Waals surface area (Å²) in [7, 11) is 0. The van der Waals surface area contributed by atoms with Crippen molar-refractivity contribution in [3.8, 4) is 17.2 Å². The van der Waals surface area contributed by atoms with Gasteiger partial charge in [0.05, 0.1) is 5.69 Å². The van der Waals surface area contributed by atoms with E-state index in [-0.39, 0.29) is 42.7 Å². The first-order valence-corrected chi connectivity index (χ1v) is 11.8. The Balaban J connectivity index is 1.60. The van der Waals surface area contributed by atoms with Crippen molar-refractivity contribution in [1.82, 2.24) is 24.5 Å². The van der Waals surface area contributed by atoms with Crippen LogP contribution in [0.1, 0.15) is 37.3 Å². The van der Waals surface area contributed by atoms with Gasteiger partial charge in [-0.15, -0.1) is 0 Å². The summed E-state index contributed by atoms with van der Waals surface area (Å²) in [6, 6.07) is 14.9. The minimum Gasteiger partial charge on any atom is -0.339 e. The highest BCUT2D eigenvalue weighted by Crippen LogP contribution is 2.20. The average Bonchev–Trinajstić information content (AvgIpc) is 3.34. The van der Waals surface area contributed by atoms with Crippen LogP contribution in [0.3, 0.4) is 0 Å². The van der Waals surface area contributed by atoms with Gasteiger partial charge in [-0.2, -0.15) is 14.8 Å². The standard InChI is InChI=1S/C26H28N6O4/c1-5-30(20-10-8-7-9-18(20)4)22(33)16-15-21-27-24(29-36-21)23-25(34)31(6-2)26(35)32(28-23)19-13-11-17(3)12-14-19/h7-14H,5-6,15-16H2,1-4H3. The molecule has 1 amide bonds. The van der Waals surface area contributed by atoms with Crippen molar-refractivity contribution in [1.29, 1.82) is 0 Å². The molecule has 10 heteroatoms. The van der Waals surface area contributed by atoms with Gasteiger partial charge in [0.15, 0.2) is 5.69 Å². The minimum atomic E-state index is -0.606. The van der Waals surface area contributed by atoms with E-state index in [1.54, 1.807) is 24.0 Å². The number of nitrogens with zero attached hydrogens (tertiary/aromatic N) is 6. The van der Waals surface area contributed by atoms with Gasteiger partial charge in [-0.1, -0.05) is 41.1 Å². The fourth-order valence-corrected chi connectivity index (χ4v) is 3.94. The number of aromatic nitrogens is 5. The molecule has 0 aliphatic carbocycles. The quantitative estimate of drug-likeness (QED) is 0.374. The number of para-hydroxylation sites is 1. The smallest absolute Gasteiger partial charge is 0.339 e. The Morgan fingerprint density at radius 1 is 1.03 bits per heavy atom. The maximum Gasteiger partial charge on any atom is 0.352 e. The van der Waals surface area contributed by atoms with Crippen molar-refractivity contribution in [3.05, 3.63) is 86.4 Å². The first-order chi connectivity index (χ1) is 17.3. The second-order valence-electron chi connectivity index (χ2n) is 8.36. The van der Waals surface area contributed by atoms with E-state index in [9.17, 15) is 14.4 Å². The van der Waals surface area contributed by atoms with Gasteiger partial charge in [-0.25, -0.2) is 4.79 Å². The maximum absolute atomic E-state index is 13.0. The molecular weight excluding hydrogens is 460 g/mol. The van der Waals surface area contributed by atoms with Crippen LogP contribution < -0.4 is 16.1 Å². The lowest BCUT2D eigenvalue weighted by Crippen LogP contribution is -2.41. The average molecular weight is 489 g/mol. The molecule has 0 unspecified atom stereocenters. The van der Waals surface area contributed by atoms with Gasteiger partial charge >= 0.3 is 5.69 Å². The fourth-order valence-electron chi connectivity index (χ4n) is 3.94. The predicted molar refractivity (Wildman–Crippen MR) is 135 cm³/mol. The molecule has 0 saturated carbocycles. The van der Waals surface area contributed by atoms with Crippen LogP contribution in [0.5, 0.6) is 0 Å². The Morgan fingerprint density at radius 2 is 1.75 bits per heavy atom. The van der Waals surface area contributed by atoms with Crippen molar-refractivity contribution in [2.45, 2.75) is 47.1 Å². The highest BCUT2D eigenvalue weighted by atomic mass is 16.5. The van der Waals surface area contributed by atoms with E-state index < -0.39 is 11.2 Å². The number of benzene rings is 2. The van der Waals surface area contributed by atoms with Crippen LogP contribution in [0.4, 0.5) is 5.69 Å². The Hall–Kier alpha value is -4.34. The first-order valence-electron chi connectivity index (χ1n) is 11.8. The molecular formula is C26H28N6O4. The second-order valence-corrected chi connectivity index (χ2v) is 8.36. The van der Waals surface area contributed by atoms with Gasteiger partial charge in [-0.3, -0.25) is 14.2 Å². The lowest BCUT2D eigenvalue weighted by atomic mass is 10.1. The zero-order valence-electron chi connectivity index (χ0n) is 20.8. The third-order valence-corrected chi connectivity index (χ3v) is 5.91. The molecule has 36 heavy (non-hydrogen) atoms. The number of anilines is 1. The zero-order chi connectivity index (χ0) is 25.8. The Labute approximate surface area is 207 Å². The van der Waals surface area contributed by atoms with Gasteiger partial charge < -0.3 is 9.42 Å². The topological polar surface area (TPSA) is 116 Å². The highest BCUT2D eigenvalue weighted by molar-refractivity contribution is 5.94. The molecule has 0 bridgehead atoms. The highest BCUT2D eigenvalue weighted by Gasteiger charge is 2.21.